The molecule has 2 aromatic carbocycles. The molecule has 7 nitrogen and oxygen atoms in total. The number of carbonyl (C=O) groups excluding carboxylic acids is 2. The lowest BCUT2D eigenvalue weighted by molar-refractivity contribution is -0.115. The minimum absolute atomic E-state index is 0.170. The van der Waals surface area contributed by atoms with Crippen LogP contribution in [0.25, 0.3) is 0 Å². The van der Waals surface area contributed by atoms with E-state index in [1.165, 1.54) is 5.56 Å². The van der Waals surface area contributed by atoms with Gasteiger partial charge in [0.15, 0.2) is 5.60 Å². The van der Waals surface area contributed by atoms with E-state index in [1.807, 2.05) is 48.5 Å². The van der Waals surface area contributed by atoms with Crippen molar-refractivity contribution < 1.29 is 14.4 Å². The molecule has 1 spiro atoms. The van der Waals surface area contributed by atoms with Crippen LogP contribution in [-0.2, 0) is 9.63 Å². The summed E-state index contributed by atoms with van der Waals surface area (Å²) in [4.78, 5) is 32.5. The van der Waals surface area contributed by atoms with Crippen LogP contribution in [0.15, 0.2) is 65.8 Å². The topological polar surface area (TPSA) is 83.0 Å². The lowest BCUT2D eigenvalue weighted by Gasteiger charge is -2.22. The van der Waals surface area contributed by atoms with Crippen LogP contribution >= 0.6 is 0 Å². The van der Waals surface area contributed by atoms with E-state index in [4.69, 9.17) is 4.84 Å². The number of amides is 3. The number of rotatable bonds is 5. The quantitative estimate of drug-likeness (QED) is 0.799. The van der Waals surface area contributed by atoms with Gasteiger partial charge >= 0.3 is 6.03 Å². The lowest BCUT2D eigenvalue weighted by atomic mass is 9.96. The van der Waals surface area contributed by atoms with E-state index in [-0.39, 0.29) is 17.9 Å². The molecule has 7 heteroatoms. The third kappa shape index (κ3) is 4.45. The standard InChI is InChI=1S/C23H26N4O3/c1-17(18-8-4-2-5-9-18)15-24-21(28)20-14-23(30-26-20)12-13-27(16-23)22(29)25-19-10-6-3-7-11-19/h2-11,17H,12-16H2,1H3,(H,24,28)(H,25,29)/t17-,23+/m0/s1. The van der Waals surface area contributed by atoms with Gasteiger partial charge in [0.1, 0.15) is 5.71 Å². The Labute approximate surface area is 176 Å². The van der Waals surface area contributed by atoms with E-state index < -0.39 is 5.60 Å². The minimum atomic E-state index is -0.605. The molecule has 0 bridgehead atoms. The number of hydrogen-bond donors (Lipinski definition) is 2. The van der Waals surface area contributed by atoms with Gasteiger partial charge in [0.05, 0.1) is 6.54 Å². The molecule has 2 aromatic rings. The normalized spacial score (nSPS) is 21.1. The summed E-state index contributed by atoms with van der Waals surface area (Å²) in [6.07, 6.45) is 1.06. The highest BCUT2D eigenvalue weighted by Gasteiger charge is 2.48. The van der Waals surface area contributed by atoms with Gasteiger partial charge in [-0.05, 0) is 23.6 Å². The highest BCUT2D eigenvalue weighted by atomic mass is 16.7. The first kappa shape index (κ1) is 19.9. The summed E-state index contributed by atoms with van der Waals surface area (Å²) < 4.78 is 0. The monoisotopic (exact) mass is 406 g/mol. The van der Waals surface area contributed by atoms with Crippen LogP contribution in [0.3, 0.4) is 0 Å². The number of carbonyl (C=O) groups is 2. The third-order valence-electron chi connectivity index (χ3n) is 5.67. The SMILES string of the molecule is C[C@@H](CNC(=O)C1=NO[C@]2(CCN(C(=O)Nc3ccccc3)C2)C1)c1ccccc1. The fraction of sp³-hybridized carbons (Fsp3) is 0.348. The predicted molar refractivity (Wildman–Crippen MR) is 115 cm³/mol. The number of anilines is 1. The molecule has 0 aliphatic carbocycles. The Morgan fingerprint density at radius 2 is 1.83 bits per heavy atom. The minimum Gasteiger partial charge on any atom is -0.386 e. The molecule has 0 unspecified atom stereocenters. The van der Waals surface area contributed by atoms with Crippen LogP contribution in [0.1, 0.15) is 31.2 Å². The van der Waals surface area contributed by atoms with E-state index in [1.54, 1.807) is 4.90 Å². The molecule has 4 rings (SSSR count). The summed E-state index contributed by atoms with van der Waals surface area (Å²) in [6, 6.07) is 19.2. The number of para-hydroxylation sites is 1. The van der Waals surface area contributed by atoms with E-state index in [9.17, 15) is 9.59 Å². The van der Waals surface area contributed by atoms with Gasteiger partial charge in [-0.25, -0.2) is 4.79 Å². The highest BCUT2D eigenvalue weighted by Crippen LogP contribution is 2.34. The molecule has 0 aromatic heterocycles. The first-order valence-corrected chi connectivity index (χ1v) is 10.2. The van der Waals surface area contributed by atoms with Crippen molar-refractivity contribution in [1.29, 1.82) is 0 Å². The van der Waals surface area contributed by atoms with Gasteiger partial charge in [-0.1, -0.05) is 60.6 Å². The second kappa shape index (κ2) is 8.57. The molecule has 1 fully saturated rings. The molecule has 0 saturated carbocycles. The molecule has 1 saturated heterocycles. The van der Waals surface area contributed by atoms with Gasteiger partial charge in [0, 0.05) is 31.6 Å². The maximum atomic E-state index is 12.6. The third-order valence-corrected chi connectivity index (χ3v) is 5.67. The van der Waals surface area contributed by atoms with Crippen molar-refractivity contribution >= 4 is 23.3 Å². The second-order valence-electron chi connectivity index (χ2n) is 7.98. The Kier molecular flexibility index (Phi) is 5.70. The maximum Gasteiger partial charge on any atom is 0.321 e. The van der Waals surface area contributed by atoms with Crippen LogP contribution in [0.5, 0.6) is 0 Å². The summed E-state index contributed by atoms with van der Waals surface area (Å²) in [7, 11) is 0. The number of benzene rings is 2. The fourth-order valence-electron chi connectivity index (χ4n) is 3.85. The zero-order chi connectivity index (χ0) is 21.0. The second-order valence-corrected chi connectivity index (χ2v) is 7.98. The predicted octanol–water partition coefficient (Wildman–Crippen LogP) is 3.36. The van der Waals surface area contributed by atoms with E-state index in [0.29, 0.717) is 38.2 Å². The Balaban J connectivity index is 1.27. The Morgan fingerprint density at radius 1 is 1.13 bits per heavy atom. The molecule has 156 valence electrons. The molecule has 2 aliphatic heterocycles. The van der Waals surface area contributed by atoms with Crippen molar-refractivity contribution in [3.63, 3.8) is 0 Å². The number of nitrogens with zero attached hydrogens (tertiary/aromatic N) is 2. The summed E-state index contributed by atoms with van der Waals surface area (Å²) in [5, 5.41) is 9.89. The molecule has 0 radical (unpaired) electrons. The molecule has 30 heavy (non-hydrogen) atoms. The molecular weight excluding hydrogens is 380 g/mol. The molecule has 3 amide bonds. The van der Waals surface area contributed by atoms with E-state index in [2.05, 4.69) is 34.8 Å². The number of nitrogens with one attached hydrogen (secondary N) is 2. The van der Waals surface area contributed by atoms with Crippen molar-refractivity contribution in [3.8, 4) is 0 Å². The summed E-state index contributed by atoms with van der Waals surface area (Å²) in [6.45, 7) is 3.57. The Hall–Kier alpha value is -3.35. The first-order valence-electron chi connectivity index (χ1n) is 10.2. The summed E-state index contributed by atoms with van der Waals surface area (Å²) in [5.74, 6) is -0.00229. The molecule has 2 heterocycles. The van der Waals surface area contributed by atoms with Gasteiger partial charge in [0.2, 0.25) is 0 Å². The largest absolute Gasteiger partial charge is 0.386 e. The summed E-state index contributed by atoms with van der Waals surface area (Å²) in [5.41, 5.74) is 1.71. The average molecular weight is 406 g/mol. The lowest BCUT2D eigenvalue weighted by Crippen LogP contribution is -2.40. The van der Waals surface area contributed by atoms with Gasteiger partial charge in [-0.2, -0.15) is 0 Å². The number of oxime groups is 1. The van der Waals surface area contributed by atoms with Crippen molar-refractivity contribution in [3.05, 3.63) is 66.2 Å². The van der Waals surface area contributed by atoms with Crippen molar-refractivity contribution in [2.24, 2.45) is 5.16 Å². The van der Waals surface area contributed by atoms with Crippen molar-refractivity contribution in [2.75, 3.05) is 25.0 Å². The van der Waals surface area contributed by atoms with Gasteiger partial charge in [-0.3, -0.25) is 4.79 Å². The van der Waals surface area contributed by atoms with E-state index in [0.717, 1.165) is 5.69 Å². The number of urea groups is 1. The average Bonchev–Trinajstić information content (AvgIpc) is 3.40. The fourth-order valence-corrected chi connectivity index (χ4v) is 3.85. The zero-order valence-corrected chi connectivity index (χ0v) is 17.0. The molecule has 2 atom stereocenters. The molecular formula is C23H26N4O3. The number of hydrogen-bond acceptors (Lipinski definition) is 4. The Bertz CT molecular complexity index is 932. The number of likely N-dealkylation sites (tertiary alicyclic amines) is 1. The van der Waals surface area contributed by atoms with Crippen molar-refractivity contribution in [1.82, 2.24) is 10.2 Å². The van der Waals surface area contributed by atoms with E-state index >= 15 is 0 Å². The van der Waals surface area contributed by atoms with Crippen molar-refractivity contribution in [2.45, 2.75) is 31.3 Å². The van der Waals surface area contributed by atoms with Gasteiger partial charge < -0.3 is 20.4 Å². The van der Waals surface area contributed by atoms with Gasteiger partial charge in [0.25, 0.3) is 5.91 Å². The molecule has 2 N–H and O–H groups in total. The maximum absolute atomic E-state index is 12.6. The highest BCUT2D eigenvalue weighted by molar-refractivity contribution is 6.39. The van der Waals surface area contributed by atoms with Crippen LogP contribution in [-0.4, -0.2) is 47.8 Å². The Morgan fingerprint density at radius 3 is 2.57 bits per heavy atom. The first-order chi connectivity index (χ1) is 14.5. The van der Waals surface area contributed by atoms with Crippen LogP contribution < -0.4 is 10.6 Å². The van der Waals surface area contributed by atoms with Crippen LogP contribution in [0.4, 0.5) is 10.5 Å². The zero-order valence-electron chi connectivity index (χ0n) is 17.0. The van der Waals surface area contributed by atoms with Crippen LogP contribution in [0.2, 0.25) is 0 Å². The van der Waals surface area contributed by atoms with Gasteiger partial charge in [-0.15, -0.1) is 0 Å². The van der Waals surface area contributed by atoms with Crippen LogP contribution in [0, 0.1) is 0 Å². The smallest absolute Gasteiger partial charge is 0.321 e. The molecule has 2 aliphatic rings. The summed E-state index contributed by atoms with van der Waals surface area (Å²) >= 11 is 0.